The van der Waals surface area contributed by atoms with Crippen molar-refractivity contribution in [2.24, 2.45) is 0 Å². The number of hydrogen-bond acceptors (Lipinski definition) is 6. The summed E-state index contributed by atoms with van der Waals surface area (Å²) in [5, 5.41) is 3.06. The van der Waals surface area contributed by atoms with E-state index in [-0.39, 0.29) is 11.5 Å². The molecule has 0 atom stereocenters. The predicted octanol–water partition coefficient (Wildman–Crippen LogP) is 4.23. The molecule has 0 bridgehead atoms. The van der Waals surface area contributed by atoms with Crippen molar-refractivity contribution in [1.82, 2.24) is 4.98 Å². The maximum atomic E-state index is 13.2. The minimum atomic E-state index is -0.474. The number of thiophene rings is 1. The second kappa shape index (κ2) is 6.66. The first-order valence-electron chi connectivity index (χ1n) is 7.13. The molecule has 0 radical (unpaired) electrons. The van der Waals surface area contributed by atoms with Crippen LogP contribution in [0.3, 0.4) is 0 Å². The molecule has 0 aliphatic heterocycles. The van der Waals surface area contributed by atoms with Crippen molar-refractivity contribution in [2.75, 3.05) is 11.9 Å². The number of nitrogens with one attached hydrogen (secondary N) is 1. The minimum Gasteiger partial charge on any atom is -0.462 e. The number of amides is 1. The van der Waals surface area contributed by atoms with E-state index in [1.807, 2.05) is 6.92 Å². The molecule has 124 valence electrons. The van der Waals surface area contributed by atoms with Crippen LogP contribution in [-0.2, 0) is 4.74 Å². The molecular weight excluding hydrogens is 351 g/mol. The highest BCUT2D eigenvalue weighted by Gasteiger charge is 2.20. The third kappa shape index (κ3) is 3.15. The van der Waals surface area contributed by atoms with Crippen LogP contribution in [0.2, 0.25) is 0 Å². The highest BCUT2D eigenvalue weighted by atomic mass is 32.1. The van der Waals surface area contributed by atoms with E-state index >= 15 is 0 Å². The lowest BCUT2D eigenvalue weighted by Crippen LogP contribution is -2.11. The van der Waals surface area contributed by atoms with E-state index in [9.17, 15) is 14.0 Å². The Morgan fingerprint density at radius 2 is 2.12 bits per heavy atom. The molecule has 24 heavy (non-hydrogen) atoms. The quantitative estimate of drug-likeness (QED) is 0.703. The summed E-state index contributed by atoms with van der Waals surface area (Å²) in [6.07, 6.45) is 0. The number of rotatable bonds is 4. The second-order valence-electron chi connectivity index (χ2n) is 4.89. The number of halogens is 1. The molecule has 0 unspecified atom stereocenters. The molecule has 5 nitrogen and oxygen atoms in total. The van der Waals surface area contributed by atoms with Crippen molar-refractivity contribution in [3.05, 3.63) is 46.1 Å². The molecule has 2 aromatic heterocycles. The highest BCUT2D eigenvalue weighted by Crippen LogP contribution is 2.37. The number of benzene rings is 1. The van der Waals surface area contributed by atoms with Gasteiger partial charge in [0, 0.05) is 5.56 Å². The van der Waals surface area contributed by atoms with Gasteiger partial charge in [0.05, 0.1) is 11.3 Å². The van der Waals surface area contributed by atoms with Crippen LogP contribution in [-0.4, -0.2) is 23.5 Å². The smallest absolute Gasteiger partial charge is 0.348 e. The number of esters is 1. The summed E-state index contributed by atoms with van der Waals surface area (Å²) in [5.74, 6) is -1.27. The number of ether oxygens (including phenoxy) is 1. The lowest BCUT2D eigenvalue weighted by molar-refractivity contribution is 0.0531. The van der Waals surface area contributed by atoms with Gasteiger partial charge >= 0.3 is 5.97 Å². The summed E-state index contributed by atoms with van der Waals surface area (Å²) in [6.45, 7) is 3.88. The Balaban J connectivity index is 1.84. The monoisotopic (exact) mass is 364 g/mol. The van der Waals surface area contributed by atoms with Crippen LogP contribution in [0.15, 0.2) is 24.3 Å². The van der Waals surface area contributed by atoms with E-state index in [2.05, 4.69) is 10.3 Å². The first-order chi connectivity index (χ1) is 11.5. The van der Waals surface area contributed by atoms with E-state index in [4.69, 9.17) is 4.74 Å². The van der Waals surface area contributed by atoms with Gasteiger partial charge in [0.1, 0.15) is 15.5 Å². The molecule has 1 N–H and O–H groups in total. The van der Waals surface area contributed by atoms with Crippen molar-refractivity contribution in [2.45, 2.75) is 13.8 Å². The minimum absolute atomic E-state index is 0.220. The fraction of sp³-hybridized carbons (Fsp3) is 0.188. The first kappa shape index (κ1) is 16.5. The van der Waals surface area contributed by atoms with Gasteiger partial charge in [-0.05, 0) is 37.6 Å². The summed E-state index contributed by atoms with van der Waals surface area (Å²) in [4.78, 5) is 29.5. The number of thiazole rings is 1. The van der Waals surface area contributed by atoms with Crippen molar-refractivity contribution in [1.29, 1.82) is 0 Å². The molecule has 0 spiro atoms. The fourth-order valence-electron chi connectivity index (χ4n) is 2.13. The molecule has 0 saturated heterocycles. The Kier molecular flexibility index (Phi) is 4.59. The van der Waals surface area contributed by atoms with Gasteiger partial charge in [-0.25, -0.2) is 14.2 Å². The summed E-state index contributed by atoms with van der Waals surface area (Å²) >= 11 is 2.50. The molecular formula is C16H13FN2O3S2. The zero-order valence-corrected chi connectivity index (χ0v) is 14.5. The van der Waals surface area contributed by atoms with Gasteiger partial charge < -0.3 is 4.74 Å². The number of fused-ring (bicyclic) bond motifs is 1. The average Bonchev–Trinajstić information content (AvgIpc) is 3.07. The SMILES string of the molecule is CCOC(=O)c1sc2nc(NC(=O)c3cccc(F)c3)sc2c1C. The topological polar surface area (TPSA) is 68.3 Å². The van der Waals surface area contributed by atoms with Gasteiger partial charge in [0.15, 0.2) is 5.13 Å². The van der Waals surface area contributed by atoms with Crippen LogP contribution in [0, 0.1) is 12.7 Å². The van der Waals surface area contributed by atoms with Gasteiger partial charge in [-0.3, -0.25) is 10.1 Å². The number of aryl methyl sites for hydroxylation is 1. The number of hydrogen-bond donors (Lipinski definition) is 1. The maximum Gasteiger partial charge on any atom is 0.348 e. The molecule has 0 aliphatic carbocycles. The Morgan fingerprint density at radius 1 is 1.33 bits per heavy atom. The van der Waals surface area contributed by atoms with Crippen LogP contribution in [0.5, 0.6) is 0 Å². The Hall–Kier alpha value is -2.32. The van der Waals surface area contributed by atoms with E-state index in [0.29, 0.717) is 21.4 Å². The van der Waals surface area contributed by atoms with Gasteiger partial charge in [0.25, 0.3) is 5.91 Å². The summed E-state index contributed by atoms with van der Waals surface area (Å²) in [7, 11) is 0. The van der Waals surface area contributed by atoms with Crippen LogP contribution < -0.4 is 5.32 Å². The Morgan fingerprint density at radius 3 is 2.79 bits per heavy atom. The van der Waals surface area contributed by atoms with Crippen molar-refractivity contribution in [3.8, 4) is 0 Å². The van der Waals surface area contributed by atoms with E-state index < -0.39 is 11.7 Å². The standard InChI is InChI=1S/C16H13FN2O3S2/c1-3-22-15(21)12-8(2)11-14(23-12)19-16(24-11)18-13(20)9-5-4-6-10(17)7-9/h4-7H,3H2,1-2H3,(H,18,19,20). The van der Waals surface area contributed by atoms with Gasteiger partial charge in [0.2, 0.25) is 0 Å². The number of carbonyl (C=O) groups excluding carboxylic acids is 2. The maximum absolute atomic E-state index is 13.2. The van der Waals surface area contributed by atoms with Crippen LogP contribution in [0.1, 0.15) is 32.5 Å². The number of nitrogens with zero attached hydrogens (tertiary/aromatic N) is 1. The lowest BCUT2D eigenvalue weighted by atomic mass is 10.2. The molecule has 0 aliphatic rings. The molecule has 8 heteroatoms. The van der Waals surface area contributed by atoms with Crippen molar-refractivity contribution < 1.29 is 18.7 Å². The van der Waals surface area contributed by atoms with E-state index in [1.165, 1.54) is 40.9 Å². The normalized spacial score (nSPS) is 10.8. The largest absolute Gasteiger partial charge is 0.462 e. The van der Waals surface area contributed by atoms with E-state index in [0.717, 1.165) is 16.3 Å². The lowest BCUT2D eigenvalue weighted by Gasteiger charge is -2.01. The fourth-order valence-corrected chi connectivity index (χ4v) is 4.34. The molecule has 3 aromatic rings. The third-order valence-corrected chi connectivity index (χ3v) is 5.63. The molecule has 1 amide bonds. The summed E-state index contributed by atoms with van der Waals surface area (Å²) in [6, 6.07) is 5.44. The summed E-state index contributed by atoms with van der Waals surface area (Å²) in [5.41, 5.74) is 1.01. The van der Waals surface area contributed by atoms with Crippen LogP contribution >= 0.6 is 22.7 Å². The predicted molar refractivity (Wildman–Crippen MR) is 92.5 cm³/mol. The summed E-state index contributed by atoms with van der Waals surface area (Å²) < 4.78 is 19.0. The molecule has 0 fully saturated rings. The molecule has 3 rings (SSSR count). The Bertz CT molecular complexity index is 933. The number of aromatic nitrogens is 1. The third-order valence-electron chi connectivity index (χ3n) is 3.24. The number of carbonyl (C=O) groups is 2. The van der Waals surface area contributed by atoms with Crippen molar-refractivity contribution in [3.63, 3.8) is 0 Å². The van der Waals surface area contributed by atoms with Crippen LogP contribution in [0.4, 0.5) is 9.52 Å². The highest BCUT2D eigenvalue weighted by molar-refractivity contribution is 7.30. The second-order valence-corrected chi connectivity index (χ2v) is 6.89. The average molecular weight is 364 g/mol. The molecule has 0 saturated carbocycles. The van der Waals surface area contributed by atoms with Crippen molar-refractivity contribution >= 4 is 49.2 Å². The van der Waals surface area contributed by atoms with Crippen LogP contribution in [0.25, 0.3) is 9.53 Å². The first-order valence-corrected chi connectivity index (χ1v) is 8.77. The van der Waals surface area contributed by atoms with Gasteiger partial charge in [-0.15, -0.1) is 11.3 Å². The van der Waals surface area contributed by atoms with Gasteiger partial charge in [-0.1, -0.05) is 17.4 Å². The van der Waals surface area contributed by atoms with E-state index in [1.54, 1.807) is 6.92 Å². The van der Waals surface area contributed by atoms with Gasteiger partial charge in [-0.2, -0.15) is 0 Å². The molecule has 1 aromatic carbocycles. The Labute approximate surface area is 145 Å². The zero-order valence-electron chi connectivity index (χ0n) is 12.9. The molecule has 2 heterocycles. The number of anilines is 1. The zero-order chi connectivity index (χ0) is 17.3.